The number of phenols is 2. The van der Waals surface area contributed by atoms with Gasteiger partial charge in [0.15, 0.2) is 17.5 Å². The van der Waals surface area contributed by atoms with E-state index in [-0.39, 0.29) is 11.5 Å². The maximum Gasteiger partial charge on any atom is 0.167 e. The molecule has 3 unspecified atom stereocenters. The molecule has 3 aromatic heterocycles. The van der Waals surface area contributed by atoms with E-state index in [1.807, 2.05) is 50.4 Å². The second-order valence-electron chi connectivity index (χ2n) is 15.9. The predicted octanol–water partition coefficient (Wildman–Crippen LogP) is 12.7. The van der Waals surface area contributed by atoms with Gasteiger partial charge in [0.25, 0.3) is 0 Å². The standard InChI is InChI=1S/C48H67N5O4/c1-9-15-19-34(12-4)28-53-29-40(37-22-18-27-49-48(37)53)47-51-45(38-23-25-41(32(7)43(38)54)56-30-35(13-5)20-16-10-2)50-46(52-47)39-24-26-42(33(8)44(39)55)57-31-36(14-6)21-17-11-3/h18,22-27,29,34-36,54-55H,9-17,19-21,28,30-31H2,1-8H3. The van der Waals surface area contributed by atoms with Gasteiger partial charge in [0.2, 0.25) is 0 Å². The highest BCUT2D eigenvalue weighted by Crippen LogP contribution is 2.41. The molecule has 0 saturated heterocycles. The minimum atomic E-state index is 0.0562. The molecule has 3 heterocycles. The van der Waals surface area contributed by atoms with Gasteiger partial charge in [-0.15, -0.1) is 0 Å². The summed E-state index contributed by atoms with van der Waals surface area (Å²) in [5.41, 5.74) is 3.87. The summed E-state index contributed by atoms with van der Waals surface area (Å²) in [7, 11) is 0. The summed E-state index contributed by atoms with van der Waals surface area (Å²) in [6, 6.07) is 11.4. The number of ether oxygens (including phenoxy) is 2. The van der Waals surface area contributed by atoms with Crippen LogP contribution in [0.25, 0.3) is 45.2 Å². The zero-order valence-electron chi connectivity index (χ0n) is 35.9. The molecule has 0 bridgehead atoms. The summed E-state index contributed by atoms with van der Waals surface area (Å²) in [4.78, 5) is 19.8. The van der Waals surface area contributed by atoms with Gasteiger partial charge in [-0.1, -0.05) is 99.3 Å². The van der Waals surface area contributed by atoms with Gasteiger partial charge < -0.3 is 24.3 Å². The molecule has 0 aliphatic rings. The molecular formula is C48H67N5O4. The largest absolute Gasteiger partial charge is 0.507 e. The molecule has 308 valence electrons. The number of nitrogens with zero attached hydrogens (tertiary/aromatic N) is 5. The van der Waals surface area contributed by atoms with Crippen LogP contribution in [0.2, 0.25) is 0 Å². The maximum atomic E-state index is 11.7. The highest BCUT2D eigenvalue weighted by Gasteiger charge is 2.23. The summed E-state index contributed by atoms with van der Waals surface area (Å²) < 4.78 is 14.8. The van der Waals surface area contributed by atoms with Crippen LogP contribution in [0.1, 0.15) is 130 Å². The van der Waals surface area contributed by atoms with Crippen LogP contribution in [-0.4, -0.2) is 47.9 Å². The number of aromatic hydroxyl groups is 2. The summed E-state index contributed by atoms with van der Waals surface area (Å²) >= 11 is 0. The van der Waals surface area contributed by atoms with Crippen molar-refractivity contribution in [3.63, 3.8) is 0 Å². The summed E-state index contributed by atoms with van der Waals surface area (Å²) in [5, 5.41) is 24.4. The molecule has 5 rings (SSSR count). The maximum absolute atomic E-state index is 11.7. The fourth-order valence-electron chi connectivity index (χ4n) is 7.62. The highest BCUT2D eigenvalue weighted by molar-refractivity contribution is 5.92. The third-order valence-corrected chi connectivity index (χ3v) is 11.8. The Labute approximate surface area is 341 Å². The first kappa shape index (κ1) is 43.5. The van der Waals surface area contributed by atoms with Crippen molar-refractivity contribution in [3.05, 3.63) is 59.9 Å². The summed E-state index contributed by atoms with van der Waals surface area (Å²) in [5.74, 6) is 3.87. The molecule has 0 amide bonds. The second kappa shape index (κ2) is 21.2. The molecular weight excluding hydrogens is 711 g/mol. The van der Waals surface area contributed by atoms with E-state index in [9.17, 15) is 10.2 Å². The number of benzene rings is 2. The van der Waals surface area contributed by atoms with E-state index in [0.29, 0.717) is 82.2 Å². The SMILES string of the molecule is CCCCC(CC)COc1ccc(-c2nc(-c3ccc(OCC(CC)CCCC)c(C)c3O)nc(-c3cn(CC(CC)CCCC)c4ncccc34)n2)c(O)c1C. The molecule has 0 aliphatic carbocycles. The Kier molecular flexibility index (Phi) is 16.2. The Hall–Kier alpha value is -4.66. The van der Waals surface area contributed by atoms with Gasteiger partial charge >= 0.3 is 0 Å². The molecule has 9 heteroatoms. The minimum absolute atomic E-state index is 0.0562. The lowest BCUT2D eigenvalue weighted by molar-refractivity contribution is 0.231. The van der Waals surface area contributed by atoms with Crippen LogP contribution in [0.3, 0.4) is 0 Å². The van der Waals surface area contributed by atoms with Crippen LogP contribution < -0.4 is 9.47 Å². The lowest BCUT2D eigenvalue weighted by atomic mass is 9.99. The van der Waals surface area contributed by atoms with Gasteiger partial charge in [-0.25, -0.2) is 19.9 Å². The first-order chi connectivity index (χ1) is 27.7. The highest BCUT2D eigenvalue weighted by atomic mass is 16.5. The van der Waals surface area contributed by atoms with Crippen LogP contribution in [-0.2, 0) is 6.54 Å². The molecule has 5 aromatic rings. The van der Waals surface area contributed by atoms with Crippen molar-refractivity contribution in [2.24, 2.45) is 17.8 Å². The van der Waals surface area contributed by atoms with Crippen LogP contribution in [0, 0.1) is 31.6 Å². The number of aromatic nitrogens is 5. The van der Waals surface area contributed by atoms with Crippen LogP contribution in [0.4, 0.5) is 0 Å². The van der Waals surface area contributed by atoms with E-state index < -0.39 is 0 Å². The average molecular weight is 778 g/mol. The normalized spacial score (nSPS) is 13.2. The van der Waals surface area contributed by atoms with Crippen molar-refractivity contribution in [2.75, 3.05) is 13.2 Å². The van der Waals surface area contributed by atoms with Gasteiger partial charge in [0.1, 0.15) is 28.6 Å². The number of fused-ring (bicyclic) bond motifs is 1. The molecule has 9 nitrogen and oxygen atoms in total. The molecule has 0 radical (unpaired) electrons. The quantitative estimate of drug-likeness (QED) is 0.0673. The van der Waals surface area contributed by atoms with Crippen molar-refractivity contribution in [1.82, 2.24) is 24.5 Å². The second-order valence-corrected chi connectivity index (χ2v) is 15.9. The van der Waals surface area contributed by atoms with Crippen LogP contribution in [0.5, 0.6) is 23.0 Å². The molecule has 2 N–H and O–H groups in total. The smallest absolute Gasteiger partial charge is 0.167 e. The third-order valence-electron chi connectivity index (χ3n) is 11.8. The molecule has 2 aromatic carbocycles. The fraction of sp³-hybridized carbons (Fsp3) is 0.542. The zero-order valence-corrected chi connectivity index (χ0v) is 35.9. The number of pyridine rings is 1. The number of hydrogen-bond acceptors (Lipinski definition) is 8. The van der Waals surface area contributed by atoms with Crippen molar-refractivity contribution >= 4 is 11.0 Å². The van der Waals surface area contributed by atoms with E-state index in [1.165, 1.54) is 19.3 Å². The number of hydrogen-bond donors (Lipinski definition) is 2. The van der Waals surface area contributed by atoms with Crippen LogP contribution in [0.15, 0.2) is 48.8 Å². The van der Waals surface area contributed by atoms with Crippen molar-refractivity contribution in [1.29, 1.82) is 0 Å². The van der Waals surface area contributed by atoms with E-state index >= 15 is 0 Å². The van der Waals surface area contributed by atoms with Crippen molar-refractivity contribution in [3.8, 4) is 57.2 Å². The number of unbranched alkanes of at least 4 members (excludes halogenated alkanes) is 3. The molecule has 57 heavy (non-hydrogen) atoms. The monoisotopic (exact) mass is 778 g/mol. The van der Waals surface area contributed by atoms with E-state index in [2.05, 4.69) is 58.4 Å². The Balaban J connectivity index is 1.61. The van der Waals surface area contributed by atoms with Gasteiger partial charge in [-0.3, -0.25) is 0 Å². The first-order valence-corrected chi connectivity index (χ1v) is 21.8. The Morgan fingerprint density at radius 3 is 1.51 bits per heavy atom. The Bertz CT molecular complexity index is 1950. The molecule has 0 fully saturated rings. The first-order valence-electron chi connectivity index (χ1n) is 21.8. The van der Waals surface area contributed by atoms with Gasteiger partial charge in [0.05, 0.1) is 24.3 Å². The Morgan fingerprint density at radius 2 is 1.05 bits per heavy atom. The lowest BCUT2D eigenvalue weighted by Gasteiger charge is -2.19. The molecule has 3 atom stereocenters. The Morgan fingerprint density at radius 1 is 0.596 bits per heavy atom. The van der Waals surface area contributed by atoms with Gasteiger partial charge in [-0.05, 0) is 87.3 Å². The van der Waals surface area contributed by atoms with E-state index in [0.717, 1.165) is 80.9 Å². The average Bonchev–Trinajstić information content (AvgIpc) is 3.60. The van der Waals surface area contributed by atoms with Crippen LogP contribution >= 0.6 is 0 Å². The summed E-state index contributed by atoms with van der Waals surface area (Å²) in [6.07, 6.45) is 17.5. The molecule has 0 saturated carbocycles. The van der Waals surface area contributed by atoms with Crippen molar-refractivity contribution in [2.45, 2.75) is 139 Å². The van der Waals surface area contributed by atoms with E-state index in [4.69, 9.17) is 29.4 Å². The molecule has 0 spiro atoms. The zero-order chi connectivity index (χ0) is 40.9. The van der Waals surface area contributed by atoms with Gasteiger partial charge in [0, 0.05) is 41.0 Å². The summed E-state index contributed by atoms with van der Waals surface area (Å²) in [6.45, 7) is 19.1. The van der Waals surface area contributed by atoms with E-state index in [1.54, 1.807) is 0 Å². The number of rotatable bonds is 23. The molecule has 0 aliphatic heterocycles. The fourth-order valence-corrected chi connectivity index (χ4v) is 7.62. The third kappa shape index (κ3) is 10.6. The lowest BCUT2D eigenvalue weighted by Crippen LogP contribution is -2.12. The topological polar surface area (TPSA) is 115 Å². The van der Waals surface area contributed by atoms with Crippen molar-refractivity contribution < 1.29 is 19.7 Å². The number of phenolic OH excluding ortho intramolecular Hbond substituents is 2. The predicted molar refractivity (Wildman–Crippen MR) is 233 cm³/mol. The minimum Gasteiger partial charge on any atom is -0.507 e. The van der Waals surface area contributed by atoms with Gasteiger partial charge in [-0.2, -0.15) is 0 Å².